The molecule has 8 heteroatoms. The fourth-order valence-corrected chi connectivity index (χ4v) is 4.16. The van der Waals surface area contributed by atoms with Gasteiger partial charge in [-0.1, -0.05) is 20.8 Å². The Balaban J connectivity index is 1.78. The monoisotopic (exact) mass is 448 g/mol. The van der Waals surface area contributed by atoms with Gasteiger partial charge >= 0.3 is 0 Å². The molecule has 0 bridgehead atoms. The number of carbonyl (C=O) groups excluding carboxylic acids is 1. The molecule has 6 nitrogen and oxygen atoms in total. The minimum Gasteiger partial charge on any atom is -0.486 e. The summed E-state index contributed by atoms with van der Waals surface area (Å²) in [6.45, 7) is 9.93. The fraction of sp³-hybridized carbons (Fsp3) is 0.583. The number of nitrogens with zero attached hydrogens (tertiary/aromatic N) is 2. The third-order valence-corrected chi connectivity index (χ3v) is 5.93. The van der Waals surface area contributed by atoms with E-state index in [4.69, 9.17) is 10.1 Å². The van der Waals surface area contributed by atoms with Crippen molar-refractivity contribution in [2.45, 2.75) is 33.6 Å². The zero-order valence-electron chi connectivity index (χ0n) is 19.4. The van der Waals surface area contributed by atoms with E-state index in [1.54, 1.807) is 0 Å². The lowest BCUT2D eigenvalue weighted by molar-refractivity contribution is -0.116. The van der Waals surface area contributed by atoms with Crippen LogP contribution >= 0.6 is 0 Å². The lowest BCUT2D eigenvalue weighted by Gasteiger charge is -2.35. The Bertz CT molecular complexity index is 853. The van der Waals surface area contributed by atoms with Gasteiger partial charge in [-0.2, -0.15) is 0 Å². The SMILES string of the molecule is CN1CCN(/C(C=N)=C(\OC[C@H]2C[C@@H]2CC(C)(C)C)C(=O)Nc2cc(F)cc(F)c2)CC1. The Morgan fingerprint density at radius 3 is 2.34 bits per heavy atom. The third kappa shape index (κ3) is 6.76. The molecule has 1 aliphatic heterocycles. The third-order valence-electron chi connectivity index (χ3n) is 5.93. The summed E-state index contributed by atoms with van der Waals surface area (Å²) in [6.07, 6.45) is 3.27. The number of likely N-dealkylation sites (N-methyl/N-ethyl adjacent to an activating group) is 1. The summed E-state index contributed by atoms with van der Waals surface area (Å²) in [4.78, 5) is 17.2. The number of rotatable bonds is 8. The van der Waals surface area contributed by atoms with Gasteiger partial charge in [-0.25, -0.2) is 8.78 Å². The van der Waals surface area contributed by atoms with Crippen molar-refractivity contribution in [3.05, 3.63) is 41.3 Å². The van der Waals surface area contributed by atoms with E-state index >= 15 is 0 Å². The number of halogens is 2. The lowest BCUT2D eigenvalue weighted by atomic mass is 9.89. The highest BCUT2D eigenvalue weighted by molar-refractivity contribution is 6.05. The summed E-state index contributed by atoms with van der Waals surface area (Å²) < 4.78 is 33.2. The molecule has 2 aliphatic rings. The van der Waals surface area contributed by atoms with E-state index in [0.717, 1.165) is 50.3 Å². The minimum atomic E-state index is -0.777. The number of piperazine rings is 1. The van der Waals surface area contributed by atoms with Crippen molar-refractivity contribution >= 4 is 17.8 Å². The number of benzene rings is 1. The van der Waals surface area contributed by atoms with Crippen LogP contribution in [0.1, 0.15) is 33.6 Å². The highest BCUT2D eigenvalue weighted by Crippen LogP contribution is 2.46. The summed E-state index contributed by atoms with van der Waals surface area (Å²) in [7, 11) is 2.02. The number of carbonyl (C=O) groups is 1. The van der Waals surface area contributed by atoms with Gasteiger partial charge in [-0.05, 0) is 49.3 Å². The van der Waals surface area contributed by atoms with Crippen LogP contribution in [0.15, 0.2) is 29.7 Å². The molecule has 1 saturated heterocycles. The van der Waals surface area contributed by atoms with Gasteiger partial charge in [-0.3, -0.25) is 4.79 Å². The highest BCUT2D eigenvalue weighted by atomic mass is 19.1. The maximum absolute atomic E-state index is 13.6. The first-order valence-corrected chi connectivity index (χ1v) is 11.1. The molecule has 176 valence electrons. The van der Waals surface area contributed by atoms with E-state index in [1.807, 2.05) is 11.9 Å². The quantitative estimate of drug-likeness (QED) is 0.357. The first kappa shape index (κ1) is 24.2. The van der Waals surface area contributed by atoms with Crippen molar-refractivity contribution in [1.29, 1.82) is 5.41 Å². The maximum atomic E-state index is 13.6. The van der Waals surface area contributed by atoms with Gasteiger partial charge in [0.05, 0.1) is 6.61 Å². The van der Waals surface area contributed by atoms with Crippen molar-refractivity contribution in [2.24, 2.45) is 17.3 Å². The van der Waals surface area contributed by atoms with Crippen molar-refractivity contribution in [2.75, 3.05) is 45.2 Å². The summed E-state index contributed by atoms with van der Waals surface area (Å²) >= 11 is 0. The minimum absolute atomic E-state index is 0.00772. The van der Waals surface area contributed by atoms with Gasteiger partial charge in [-0.15, -0.1) is 0 Å². The van der Waals surface area contributed by atoms with Crippen LogP contribution in [0.2, 0.25) is 0 Å². The first-order valence-electron chi connectivity index (χ1n) is 11.1. The summed E-state index contributed by atoms with van der Waals surface area (Å²) in [5, 5.41) is 10.5. The molecule has 2 fully saturated rings. The van der Waals surface area contributed by atoms with Crippen LogP contribution in [0.4, 0.5) is 14.5 Å². The predicted molar refractivity (Wildman–Crippen MR) is 121 cm³/mol. The number of anilines is 1. The highest BCUT2D eigenvalue weighted by Gasteiger charge is 2.40. The molecule has 1 amide bonds. The number of amides is 1. The molecule has 2 N–H and O–H groups in total. The second-order valence-electron chi connectivity index (χ2n) is 10.1. The molecule has 32 heavy (non-hydrogen) atoms. The molecule has 1 aromatic rings. The Morgan fingerprint density at radius 2 is 1.78 bits per heavy atom. The zero-order valence-corrected chi connectivity index (χ0v) is 19.4. The van der Waals surface area contributed by atoms with E-state index < -0.39 is 17.5 Å². The van der Waals surface area contributed by atoms with Gasteiger partial charge < -0.3 is 25.3 Å². The number of allylic oxidation sites excluding steroid dienone is 1. The number of nitrogens with one attached hydrogen (secondary N) is 2. The standard InChI is InChI=1S/C24H34F2N4O2/c1-24(2,3)13-16-9-17(16)15-32-22(21(14-27)30-7-5-29(4)6-8-30)23(31)28-20-11-18(25)10-19(26)12-20/h10-12,14,16-17,27H,5-9,13,15H2,1-4H3,(H,28,31)/b22-21-,27-14?/t16-,17-/m1/s1. The van der Waals surface area contributed by atoms with Crippen LogP contribution in [-0.4, -0.2) is 61.8 Å². The Hall–Kier alpha value is -2.48. The van der Waals surface area contributed by atoms with Crippen LogP contribution < -0.4 is 5.32 Å². The maximum Gasteiger partial charge on any atom is 0.293 e. The molecule has 0 unspecified atom stereocenters. The van der Waals surface area contributed by atoms with Crippen LogP contribution in [0.25, 0.3) is 0 Å². The number of ether oxygens (including phenoxy) is 1. The summed E-state index contributed by atoms with van der Waals surface area (Å²) in [5.74, 6) is -1.22. The van der Waals surface area contributed by atoms with Gasteiger partial charge in [0, 0.05) is 44.1 Å². The van der Waals surface area contributed by atoms with Gasteiger partial charge in [0.25, 0.3) is 5.91 Å². The average molecular weight is 449 g/mol. The second kappa shape index (κ2) is 9.98. The number of hydrogen-bond acceptors (Lipinski definition) is 5. The smallest absolute Gasteiger partial charge is 0.293 e. The zero-order chi connectivity index (χ0) is 23.5. The largest absolute Gasteiger partial charge is 0.486 e. The molecule has 1 saturated carbocycles. The summed E-state index contributed by atoms with van der Waals surface area (Å²) in [5.41, 5.74) is 0.630. The van der Waals surface area contributed by atoms with Crippen molar-refractivity contribution in [3.63, 3.8) is 0 Å². The average Bonchev–Trinajstić information content (AvgIpc) is 3.40. The molecule has 0 spiro atoms. The van der Waals surface area contributed by atoms with Crippen LogP contribution in [0.3, 0.4) is 0 Å². The van der Waals surface area contributed by atoms with Gasteiger partial charge in [0.2, 0.25) is 5.76 Å². The Morgan fingerprint density at radius 1 is 1.16 bits per heavy atom. The van der Waals surface area contributed by atoms with E-state index in [2.05, 4.69) is 31.0 Å². The Kier molecular flexibility index (Phi) is 7.54. The normalized spacial score (nSPS) is 22.2. The van der Waals surface area contributed by atoms with Crippen molar-refractivity contribution in [3.8, 4) is 0 Å². The molecule has 0 radical (unpaired) electrons. The molecule has 3 rings (SSSR count). The van der Waals surface area contributed by atoms with Crippen LogP contribution in [0.5, 0.6) is 0 Å². The molecule has 0 aromatic heterocycles. The summed E-state index contributed by atoms with van der Waals surface area (Å²) in [6, 6.07) is 2.86. The van der Waals surface area contributed by atoms with E-state index in [9.17, 15) is 13.6 Å². The fourth-order valence-electron chi connectivity index (χ4n) is 4.16. The van der Waals surface area contributed by atoms with E-state index in [0.29, 0.717) is 37.2 Å². The number of hydrogen-bond donors (Lipinski definition) is 2. The molecular weight excluding hydrogens is 414 g/mol. The molecule has 1 heterocycles. The first-order chi connectivity index (χ1) is 15.1. The van der Waals surface area contributed by atoms with Crippen molar-refractivity contribution < 1.29 is 18.3 Å². The Labute approximate surface area is 189 Å². The predicted octanol–water partition coefficient (Wildman–Crippen LogP) is 4.10. The van der Waals surface area contributed by atoms with Crippen molar-refractivity contribution in [1.82, 2.24) is 9.80 Å². The van der Waals surface area contributed by atoms with Gasteiger partial charge in [0.1, 0.15) is 17.3 Å². The second-order valence-corrected chi connectivity index (χ2v) is 10.1. The lowest BCUT2D eigenvalue weighted by Crippen LogP contribution is -2.45. The molecule has 1 aliphatic carbocycles. The van der Waals surface area contributed by atoms with Gasteiger partial charge in [0.15, 0.2) is 0 Å². The molecular formula is C24H34F2N4O2. The van der Waals surface area contributed by atoms with E-state index in [-0.39, 0.29) is 16.9 Å². The van der Waals surface area contributed by atoms with E-state index in [1.165, 1.54) is 0 Å². The topological polar surface area (TPSA) is 68.7 Å². The molecule has 1 aromatic carbocycles. The van der Waals surface area contributed by atoms with Crippen LogP contribution in [-0.2, 0) is 9.53 Å². The van der Waals surface area contributed by atoms with Crippen LogP contribution in [0, 0.1) is 34.3 Å². The molecule has 2 atom stereocenters.